The van der Waals surface area contributed by atoms with Gasteiger partial charge in [0.05, 0.1) is 6.20 Å². The van der Waals surface area contributed by atoms with E-state index < -0.39 is 0 Å². The third-order valence-electron chi connectivity index (χ3n) is 1.76. The number of ketones is 1. The number of carbonyl (C=O) groups excluding carboxylic acids is 1. The number of pyridine rings is 1. The van der Waals surface area contributed by atoms with Gasteiger partial charge in [0.1, 0.15) is 4.88 Å². The minimum Gasteiger partial charge on any atom is -0.288 e. The summed E-state index contributed by atoms with van der Waals surface area (Å²) in [6.07, 6.45) is 3.03. The second-order valence-corrected chi connectivity index (χ2v) is 3.58. The molecule has 0 atom stereocenters. The summed E-state index contributed by atoms with van der Waals surface area (Å²) < 4.78 is 3.64. The van der Waals surface area contributed by atoms with Crippen molar-refractivity contribution < 1.29 is 4.79 Å². The van der Waals surface area contributed by atoms with E-state index in [2.05, 4.69) is 14.6 Å². The molecule has 5 heteroatoms. The third kappa shape index (κ3) is 1.67. The van der Waals surface area contributed by atoms with E-state index in [-0.39, 0.29) is 5.78 Å². The predicted molar refractivity (Wildman–Crippen MR) is 52.3 cm³/mol. The molecule has 0 aliphatic carbocycles. The van der Waals surface area contributed by atoms with Crippen LogP contribution in [0.2, 0.25) is 0 Å². The lowest BCUT2D eigenvalue weighted by atomic mass is 10.1. The highest BCUT2D eigenvalue weighted by Gasteiger charge is 2.11. The Hall–Kier alpha value is -1.62. The van der Waals surface area contributed by atoms with E-state index in [0.717, 1.165) is 17.2 Å². The zero-order valence-corrected chi connectivity index (χ0v) is 8.28. The average molecular weight is 205 g/mol. The number of hydrogen-bond acceptors (Lipinski definition) is 5. The Labute approximate surface area is 84.8 Å². The Kier molecular flexibility index (Phi) is 2.32. The molecule has 0 N–H and O–H groups in total. The van der Waals surface area contributed by atoms with Crippen LogP contribution in [0.4, 0.5) is 0 Å². The molecule has 0 unspecified atom stereocenters. The van der Waals surface area contributed by atoms with Crippen molar-refractivity contribution in [1.29, 1.82) is 0 Å². The quantitative estimate of drug-likeness (QED) is 0.697. The summed E-state index contributed by atoms with van der Waals surface area (Å²) in [5, 5.41) is 3.61. The third-order valence-corrected chi connectivity index (χ3v) is 2.42. The average Bonchev–Trinajstić information content (AvgIpc) is 2.71. The molecular formula is C9H7N3OS. The van der Waals surface area contributed by atoms with Crippen LogP contribution in [-0.2, 0) is 0 Å². The molecule has 0 aromatic carbocycles. The summed E-state index contributed by atoms with van der Waals surface area (Å²) in [6, 6.07) is 3.56. The fourth-order valence-electron chi connectivity index (χ4n) is 1.01. The number of aromatic nitrogens is 3. The highest BCUT2D eigenvalue weighted by Crippen LogP contribution is 2.10. The van der Waals surface area contributed by atoms with Crippen LogP contribution >= 0.6 is 11.5 Å². The fourth-order valence-corrected chi connectivity index (χ4v) is 1.49. The molecule has 2 heterocycles. The van der Waals surface area contributed by atoms with Crippen molar-refractivity contribution >= 4 is 17.3 Å². The van der Waals surface area contributed by atoms with Crippen LogP contribution in [0.1, 0.15) is 20.9 Å². The fraction of sp³-hybridized carbons (Fsp3) is 0.111. The summed E-state index contributed by atoms with van der Waals surface area (Å²) in [7, 11) is 0. The Balaban J connectivity index is 2.33. The molecule has 0 saturated carbocycles. The van der Waals surface area contributed by atoms with Gasteiger partial charge >= 0.3 is 0 Å². The SMILES string of the molecule is Cc1ccc(C(=O)c2cnns2)cn1. The molecule has 2 aromatic heterocycles. The Morgan fingerprint density at radius 2 is 2.21 bits per heavy atom. The molecule has 0 aliphatic heterocycles. The van der Waals surface area contributed by atoms with E-state index in [9.17, 15) is 4.79 Å². The van der Waals surface area contributed by atoms with E-state index in [0.29, 0.717) is 10.4 Å². The Morgan fingerprint density at radius 3 is 2.79 bits per heavy atom. The van der Waals surface area contributed by atoms with Gasteiger partial charge in [0.2, 0.25) is 5.78 Å². The smallest absolute Gasteiger partial charge is 0.207 e. The Bertz CT molecular complexity index is 436. The highest BCUT2D eigenvalue weighted by molar-refractivity contribution is 7.08. The van der Waals surface area contributed by atoms with Gasteiger partial charge in [-0.05, 0) is 30.6 Å². The number of nitrogens with zero attached hydrogens (tertiary/aromatic N) is 3. The molecule has 0 aliphatic rings. The topological polar surface area (TPSA) is 55.7 Å². The van der Waals surface area contributed by atoms with Gasteiger partial charge in [-0.3, -0.25) is 9.78 Å². The van der Waals surface area contributed by atoms with E-state index >= 15 is 0 Å². The molecule has 2 rings (SSSR count). The lowest BCUT2D eigenvalue weighted by Gasteiger charge is -1.96. The molecule has 0 bridgehead atoms. The number of rotatable bonds is 2. The van der Waals surface area contributed by atoms with Gasteiger partial charge in [-0.25, -0.2) is 0 Å². The van der Waals surface area contributed by atoms with Crippen LogP contribution in [0, 0.1) is 6.92 Å². The minimum absolute atomic E-state index is 0.0764. The molecular weight excluding hydrogens is 198 g/mol. The molecule has 70 valence electrons. The van der Waals surface area contributed by atoms with Crippen LogP contribution in [-0.4, -0.2) is 20.4 Å². The van der Waals surface area contributed by atoms with Crippen LogP contribution in [0.3, 0.4) is 0 Å². The molecule has 0 spiro atoms. The highest BCUT2D eigenvalue weighted by atomic mass is 32.1. The van der Waals surface area contributed by atoms with Gasteiger partial charge in [-0.1, -0.05) is 4.49 Å². The van der Waals surface area contributed by atoms with E-state index in [1.807, 2.05) is 13.0 Å². The molecule has 0 amide bonds. The maximum atomic E-state index is 11.7. The minimum atomic E-state index is -0.0764. The van der Waals surface area contributed by atoms with Crippen LogP contribution < -0.4 is 0 Å². The first-order valence-electron chi connectivity index (χ1n) is 4.02. The summed E-state index contributed by atoms with van der Waals surface area (Å²) in [5.41, 5.74) is 1.46. The maximum Gasteiger partial charge on any atom is 0.207 e. The zero-order chi connectivity index (χ0) is 9.97. The number of aryl methyl sites for hydroxylation is 1. The molecule has 0 saturated heterocycles. The van der Waals surface area contributed by atoms with Crippen molar-refractivity contribution in [1.82, 2.24) is 14.6 Å². The normalized spacial score (nSPS) is 10.1. The van der Waals surface area contributed by atoms with Crippen LogP contribution in [0.5, 0.6) is 0 Å². The lowest BCUT2D eigenvalue weighted by Crippen LogP contribution is -1.99. The number of hydrogen-bond donors (Lipinski definition) is 0. The first-order valence-corrected chi connectivity index (χ1v) is 4.79. The summed E-state index contributed by atoms with van der Waals surface area (Å²) in [4.78, 5) is 16.3. The molecule has 2 aromatic rings. The summed E-state index contributed by atoms with van der Waals surface area (Å²) in [6.45, 7) is 1.88. The van der Waals surface area contributed by atoms with Gasteiger partial charge in [-0.15, -0.1) is 5.10 Å². The standard InChI is InChI=1S/C9H7N3OS/c1-6-2-3-7(4-10-6)9(13)8-5-11-12-14-8/h2-5H,1H3. The van der Waals surface area contributed by atoms with E-state index in [1.165, 1.54) is 6.20 Å². The second-order valence-electron chi connectivity index (χ2n) is 2.80. The largest absolute Gasteiger partial charge is 0.288 e. The van der Waals surface area contributed by atoms with Crippen LogP contribution in [0.25, 0.3) is 0 Å². The lowest BCUT2D eigenvalue weighted by molar-refractivity contribution is 0.104. The predicted octanol–water partition coefficient (Wildman–Crippen LogP) is 1.47. The van der Waals surface area contributed by atoms with Crippen molar-refractivity contribution in [2.24, 2.45) is 0 Å². The van der Waals surface area contributed by atoms with Crippen molar-refractivity contribution in [3.63, 3.8) is 0 Å². The van der Waals surface area contributed by atoms with Gasteiger partial charge in [0, 0.05) is 17.5 Å². The maximum absolute atomic E-state index is 11.7. The number of carbonyl (C=O) groups is 1. The summed E-state index contributed by atoms with van der Waals surface area (Å²) in [5.74, 6) is -0.0764. The van der Waals surface area contributed by atoms with Crippen molar-refractivity contribution in [2.45, 2.75) is 6.92 Å². The molecule has 0 radical (unpaired) electrons. The van der Waals surface area contributed by atoms with Gasteiger partial charge in [-0.2, -0.15) is 0 Å². The first-order chi connectivity index (χ1) is 6.77. The van der Waals surface area contributed by atoms with E-state index in [1.54, 1.807) is 12.3 Å². The van der Waals surface area contributed by atoms with Gasteiger partial charge in [0.15, 0.2) is 0 Å². The van der Waals surface area contributed by atoms with Gasteiger partial charge < -0.3 is 0 Å². The summed E-state index contributed by atoms with van der Waals surface area (Å²) >= 11 is 1.09. The molecule has 14 heavy (non-hydrogen) atoms. The monoisotopic (exact) mass is 205 g/mol. The van der Waals surface area contributed by atoms with Crippen molar-refractivity contribution in [3.8, 4) is 0 Å². The first kappa shape index (κ1) is 8.96. The zero-order valence-electron chi connectivity index (χ0n) is 7.47. The van der Waals surface area contributed by atoms with Crippen molar-refractivity contribution in [3.05, 3.63) is 40.7 Å². The second kappa shape index (κ2) is 3.63. The molecule has 0 fully saturated rings. The van der Waals surface area contributed by atoms with Crippen LogP contribution in [0.15, 0.2) is 24.5 Å². The molecule has 4 nitrogen and oxygen atoms in total. The van der Waals surface area contributed by atoms with Gasteiger partial charge in [0.25, 0.3) is 0 Å². The van der Waals surface area contributed by atoms with E-state index in [4.69, 9.17) is 0 Å². The Morgan fingerprint density at radius 1 is 1.36 bits per heavy atom. The van der Waals surface area contributed by atoms with Crippen molar-refractivity contribution in [2.75, 3.05) is 0 Å².